The molecule has 1 fully saturated rings. The molecule has 1 heterocycles. The molecule has 7 nitrogen and oxygen atoms in total. The van der Waals surface area contributed by atoms with Gasteiger partial charge < -0.3 is 14.6 Å². The lowest BCUT2D eigenvalue weighted by Gasteiger charge is -2.40. The number of ether oxygens (including phenoxy) is 2. The van der Waals surface area contributed by atoms with Crippen molar-refractivity contribution in [2.24, 2.45) is 5.41 Å². The minimum atomic E-state index is -3.86. The summed E-state index contributed by atoms with van der Waals surface area (Å²) in [4.78, 5) is 10.9. The zero-order valence-corrected chi connectivity index (χ0v) is 13.5. The van der Waals surface area contributed by atoms with Crippen molar-refractivity contribution in [1.29, 1.82) is 0 Å². The fourth-order valence-corrected chi connectivity index (χ4v) is 3.84. The highest BCUT2D eigenvalue weighted by Crippen LogP contribution is 2.32. The maximum absolute atomic E-state index is 12.7. The molecule has 1 aliphatic heterocycles. The van der Waals surface area contributed by atoms with Crippen LogP contribution in [0, 0.1) is 5.41 Å². The molecule has 1 aromatic rings. The first-order valence-corrected chi connectivity index (χ1v) is 8.09. The molecule has 0 bridgehead atoms. The van der Waals surface area contributed by atoms with E-state index in [1.54, 1.807) is 0 Å². The summed E-state index contributed by atoms with van der Waals surface area (Å²) in [6.45, 7) is 3.22. The molecule has 1 aromatic carbocycles. The molecule has 1 N–H and O–H groups in total. The van der Waals surface area contributed by atoms with Gasteiger partial charge in [-0.25, -0.2) is 17.5 Å². The van der Waals surface area contributed by atoms with E-state index in [0.717, 1.165) is 6.07 Å². The standard InChI is InChI=1S/C14H19NO6S/c1-14(8-21-9-14)7-15(2)22(18,19)12-6-10(13(16)17)4-5-11(12)20-3/h4-6H,7-9H2,1-3H3,(H,16,17). The van der Waals surface area contributed by atoms with Crippen LogP contribution in [0.1, 0.15) is 17.3 Å². The third-order valence-corrected chi connectivity index (χ3v) is 5.43. The van der Waals surface area contributed by atoms with Crippen LogP contribution < -0.4 is 4.74 Å². The van der Waals surface area contributed by atoms with E-state index in [9.17, 15) is 13.2 Å². The van der Waals surface area contributed by atoms with Gasteiger partial charge in [-0.3, -0.25) is 0 Å². The lowest BCUT2D eigenvalue weighted by atomic mass is 9.89. The molecule has 0 atom stereocenters. The molecule has 0 spiro atoms. The lowest BCUT2D eigenvalue weighted by molar-refractivity contribution is -0.106. The van der Waals surface area contributed by atoms with Crippen molar-refractivity contribution in [2.45, 2.75) is 11.8 Å². The van der Waals surface area contributed by atoms with Gasteiger partial charge in [-0.1, -0.05) is 6.92 Å². The average molecular weight is 329 g/mol. The Bertz CT molecular complexity index is 681. The number of carboxylic acid groups (broad SMARTS) is 1. The second kappa shape index (κ2) is 5.86. The predicted molar refractivity (Wildman–Crippen MR) is 78.7 cm³/mol. The van der Waals surface area contributed by atoms with Crippen LogP contribution in [0.15, 0.2) is 23.1 Å². The van der Waals surface area contributed by atoms with Crippen molar-refractivity contribution in [2.75, 3.05) is 33.9 Å². The van der Waals surface area contributed by atoms with E-state index in [2.05, 4.69) is 0 Å². The summed E-state index contributed by atoms with van der Waals surface area (Å²) in [6.07, 6.45) is 0. The second-order valence-corrected chi connectivity index (χ2v) is 7.75. The molecule has 1 saturated heterocycles. The Morgan fingerprint density at radius 3 is 2.55 bits per heavy atom. The first-order chi connectivity index (χ1) is 10.2. The smallest absolute Gasteiger partial charge is 0.335 e. The van der Waals surface area contributed by atoms with Crippen LogP contribution in [0.2, 0.25) is 0 Å². The van der Waals surface area contributed by atoms with Crippen molar-refractivity contribution in [1.82, 2.24) is 4.31 Å². The van der Waals surface area contributed by atoms with Gasteiger partial charge in [-0.05, 0) is 18.2 Å². The van der Waals surface area contributed by atoms with Crippen LogP contribution in [0.25, 0.3) is 0 Å². The zero-order chi connectivity index (χ0) is 16.5. The highest BCUT2D eigenvalue weighted by molar-refractivity contribution is 7.89. The Balaban J connectivity index is 2.38. The van der Waals surface area contributed by atoms with E-state index in [1.807, 2.05) is 6.92 Å². The number of carbonyl (C=O) groups is 1. The minimum absolute atomic E-state index is 0.106. The van der Waals surface area contributed by atoms with E-state index in [-0.39, 0.29) is 28.2 Å². The second-order valence-electron chi connectivity index (χ2n) is 5.74. The number of nitrogens with zero attached hydrogens (tertiary/aromatic N) is 1. The molecular formula is C14H19NO6S. The van der Waals surface area contributed by atoms with Gasteiger partial charge in [-0.15, -0.1) is 0 Å². The summed E-state index contributed by atoms with van der Waals surface area (Å²) < 4.78 is 36.8. The maximum atomic E-state index is 12.7. The SMILES string of the molecule is COc1ccc(C(=O)O)cc1S(=O)(=O)N(C)CC1(C)COC1. The number of aromatic carboxylic acids is 1. The summed E-state index contributed by atoms with van der Waals surface area (Å²) in [5.74, 6) is -1.08. The Labute approximate surface area is 129 Å². The van der Waals surface area contributed by atoms with Crippen LogP contribution in [-0.2, 0) is 14.8 Å². The molecule has 0 aliphatic carbocycles. The monoisotopic (exact) mass is 329 g/mol. The van der Waals surface area contributed by atoms with Gasteiger partial charge >= 0.3 is 5.97 Å². The van der Waals surface area contributed by atoms with E-state index >= 15 is 0 Å². The number of methoxy groups -OCH3 is 1. The summed E-state index contributed by atoms with van der Waals surface area (Å²) in [5, 5.41) is 9.05. The van der Waals surface area contributed by atoms with Gasteiger partial charge in [0.25, 0.3) is 0 Å². The van der Waals surface area contributed by atoms with Gasteiger partial charge in [0, 0.05) is 19.0 Å². The van der Waals surface area contributed by atoms with E-state index in [4.69, 9.17) is 14.6 Å². The van der Waals surface area contributed by atoms with Crippen molar-refractivity contribution in [3.05, 3.63) is 23.8 Å². The Kier molecular flexibility index (Phi) is 4.46. The molecule has 122 valence electrons. The summed E-state index contributed by atoms with van der Waals surface area (Å²) in [7, 11) is -1.05. The van der Waals surface area contributed by atoms with Gasteiger partial charge in [0.05, 0.1) is 25.9 Å². The number of benzene rings is 1. The summed E-state index contributed by atoms with van der Waals surface area (Å²) >= 11 is 0. The van der Waals surface area contributed by atoms with E-state index < -0.39 is 16.0 Å². The van der Waals surface area contributed by atoms with E-state index in [1.165, 1.54) is 30.6 Å². The van der Waals surface area contributed by atoms with E-state index in [0.29, 0.717) is 13.2 Å². The first kappa shape index (κ1) is 16.7. The topological polar surface area (TPSA) is 93.1 Å². The normalized spacial score (nSPS) is 17.1. The zero-order valence-electron chi connectivity index (χ0n) is 12.7. The van der Waals surface area contributed by atoms with Crippen molar-refractivity contribution < 1.29 is 27.8 Å². The quantitative estimate of drug-likeness (QED) is 0.838. The predicted octanol–water partition coefficient (Wildman–Crippen LogP) is 1.05. The van der Waals surface area contributed by atoms with Crippen LogP contribution in [-0.4, -0.2) is 57.7 Å². The van der Waals surface area contributed by atoms with Crippen molar-refractivity contribution in [3.8, 4) is 5.75 Å². The molecule has 0 radical (unpaired) electrons. The molecule has 2 rings (SSSR count). The molecular weight excluding hydrogens is 310 g/mol. The van der Waals surface area contributed by atoms with Gasteiger partial charge in [0.1, 0.15) is 10.6 Å². The highest BCUT2D eigenvalue weighted by Gasteiger charge is 2.38. The number of rotatable bonds is 6. The molecule has 0 unspecified atom stereocenters. The van der Waals surface area contributed by atoms with Crippen LogP contribution >= 0.6 is 0 Å². The molecule has 1 aliphatic rings. The van der Waals surface area contributed by atoms with Crippen molar-refractivity contribution in [3.63, 3.8) is 0 Å². The molecule has 8 heteroatoms. The number of sulfonamides is 1. The van der Waals surface area contributed by atoms with Gasteiger partial charge in [0.15, 0.2) is 0 Å². The average Bonchev–Trinajstić information content (AvgIpc) is 2.44. The lowest BCUT2D eigenvalue weighted by Crippen LogP contribution is -2.49. The largest absolute Gasteiger partial charge is 0.495 e. The highest BCUT2D eigenvalue weighted by atomic mass is 32.2. The maximum Gasteiger partial charge on any atom is 0.335 e. The van der Waals surface area contributed by atoms with Gasteiger partial charge in [0.2, 0.25) is 10.0 Å². The molecule has 0 saturated carbocycles. The molecule has 22 heavy (non-hydrogen) atoms. The van der Waals surface area contributed by atoms with Crippen LogP contribution in [0.5, 0.6) is 5.75 Å². The Morgan fingerprint density at radius 2 is 2.09 bits per heavy atom. The summed E-state index contributed by atoms with van der Waals surface area (Å²) in [6, 6.07) is 3.77. The number of carboxylic acids is 1. The number of hydrogen-bond acceptors (Lipinski definition) is 5. The molecule has 0 aromatic heterocycles. The van der Waals surface area contributed by atoms with Crippen molar-refractivity contribution >= 4 is 16.0 Å². The van der Waals surface area contributed by atoms with Crippen LogP contribution in [0.3, 0.4) is 0 Å². The summed E-state index contributed by atoms with van der Waals surface area (Å²) in [5.41, 5.74) is -0.328. The third kappa shape index (κ3) is 3.08. The third-order valence-electron chi connectivity index (χ3n) is 3.60. The fraction of sp³-hybridized carbons (Fsp3) is 0.500. The fourth-order valence-electron chi connectivity index (χ4n) is 2.34. The molecule has 0 amide bonds. The Hall–Kier alpha value is -1.64. The van der Waals surface area contributed by atoms with Crippen LogP contribution in [0.4, 0.5) is 0 Å². The minimum Gasteiger partial charge on any atom is -0.495 e. The first-order valence-electron chi connectivity index (χ1n) is 6.65. The van der Waals surface area contributed by atoms with Gasteiger partial charge in [-0.2, -0.15) is 0 Å². The Morgan fingerprint density at radius 1 is 1.45 bits per heavy atom. The number of hydrogen-bond donors (Lipinski definition) is 1.